The predicted octanol–water partition coefficient (Wildman–Crippen LogP) is 4.07. The van der Waals surface area contributed by atoms with Gasteiger partial charge < -0.3 is 10.1 Å². The molecule has 0 radical (unpaired) electrons. The molecule has 2 nitrogen and oxygen atoms in total. The number of benzene rings is 2. The van der Waals surface area contributed by atoms with Crippen molar-refractivity contribution in [3.63, 3.8) is 0 Å². The third kappa shape index (κ3) is 4.27. The summed E-state index contributed by atoms with van der Waals surface area (Å²) in [4.78, 5) is 0. The van der Waals surface area contributed by atoms with Crippen LogP contribution in [0, 0.1) is 0 Å². The van der Waals surface area contributed by atoms with Gasteiger partial charge in [-0.05, 0) is 30.7 Å². The number of hydrogen-bond acceptors (Lipinski definition) is 2. The molecule has 1 N–H and O–H groups in total. The average molecular weight is 276 g/mol. The Morgan fingerprint density at radius 1 is 1.05 bits per heavy atom. The highest BCUT2D eigenvalue weighted by molar-refractivity contribution is 6.31. The molecule has 1 unspecified atom stereocenters. The maximum atomic E-state index is 6.16. The van der Waals surface area contributed by atoms with Crippen molar-refractivity contribution in [2.75, 3.05) is 13.2 Å². The van der Waals surface area contributed by atoms with E-state index in [0.717, 1.165) is 22.9 Å². The van der Waals surface area contributed by atoms with Gasteiger partial charge in [-0.3, -0.25) is 0 Å². The van der Waals surface area contributed by atoms with Crippen LogP contribution in [0.15, 0.2) is 54.6 Å². The van der Waals surface area contributed by atoms with Crippen molar-refractivity contribution >= 4 is 11.6 Å². The van der Waals surface area contributed by atoms with Gasteiger partial charge in [0.1, 0.15) is 12.4 Å². The average Bonchev–Trinajstić information content (AvgIpc) is 2.45. The molecule has 0 aliphatic heterocycles. The largest absolute Gasteiger partial charge is 0.492 e. The number of para-hydroxylation sites is 1. The van der Waals surface area contributed by atoms with E-state index in [1.807, 2.05) is 54.6 Å². The van der Waals surface area contributed by atoms with Gasteiger partial charge in [-0.1, -0.05) is 48.0 Å². The Bertz CT molecular complexity index is 501. The fourth-order valence-electron chi connectivity index (χ4n) is 1.90. The van der Waals surface area contributed by atoms with Crippen LogP contribution in [0.3, 0.4) is 0 Å². The van der Waals surface area contributed by atoms with Crippen molar-refractivity contribution in [1.29, 1.82) is 0 Å². The first-order valence-corrected chi connectivity index (χ1v) is 6.81. The van der Waals surface area contributed by atoms with E-state index in [1.165, 1.54) is 0 Å². The summed E-state index contributed by atoms with van der Waals surface area (Å²) in [5, 5.41) is 4.20. The van der Waals surface area contributed by atoms with E-state index in [-0.39, 0.29) is 6.04 Å². The third-order valence-corrected chi connectivity index (χ3v) is 3.28. The van der Waals surface area contributed by atoms with Gasteiger partial charge in [0.25, 0.3) is 0 Å². The molecule has 2 rings (SSSR count). The van der Waals surface area contributed by atoms with Gasteiger partial charge in [-0.2, -0.15) is 0 Å². The van der Waals surface area contributed by atoms with Gasteiger partial charge in [-0.15, -0.1) is 0 Å². The fourth-order valence-corrected chi connectivity index (χ4v) is 2.20. The van der Waals surface area contributed by atoms with Crippen LogP contribution in [-0.4, -0.2) is 13.2 Å². The van der Waals surface area contributed by atoms with Gasteiger partial charge in [-0.25, -0.2) is 0 Å². The molecule has 2 aromatic carbocycles. The van der Waals surface area contributed by atoms with E-state index < -0.39 is 0 Å². The fraction of sp³-hybridized carbons (Fsp3) is 0.250. The monoisotopic (exact) mass is 275 g/mol. The lowest BCUT2D eigenvalue weighted by atomic mass is 10.1. The van der Waals surface area contributed by atoms with Gasteiger partial charge in [0.05, 0.1) is 0 Å². The summed E-state index contributed by atoms with van der Waals surface area (Å²) < 4.78 is 5.63. The Morgan fingerprint density at radius 3 is 2.47 bits per heavy atom. The topological polar surface area (TPSA) is 21.3 Å². The number of rotatable bonds is 6. The van der Waals surface area contributed by atoms with E-state index in [1.54, 1.807) is 0 Å². The highest BCUT2D eigenvalue weighted by atomic mass is 35.5. The molecule has 0 heterocycles. The van der Waals surface area contributed by atoms with Crippen molar-refractivity contribution < 1.29 is 4.74 Å². The Labute approximate surface area is 119 Å². The molecule has 0 amide bonds. The molecule has 1 atom stereocenters. The summed E-state index contributed by atoms with van der Waals surface area (Å²) in [7, 11) is 0. The quantitative estimate of drug-likeness (QED) is 0.803. The predicted molar refractivity (Wildman–Crippen MR) is 79.8 cm³/mol. The Morgan fingerprint density at radius 2 is 1.74 bits per heavy atom. The SMILES string of the molecule is CC(NCCOc1ccccc1)c1ccccc1Cl. The number of halogens is 1. The first-order chi connectivity index (χ1) is 9.27. The van der Waals surface area contributed by atoms with E-state index >= 15 is 0 Å². The molecule has 100 valence electrons. The molecule has 0 saturated carbocycles. The maximum absolute atomic E-state index is 6.16. The number of nitrogens with one attached hydrogen (secondary N) is 1. The highest BCUT2D eigenvalue weighted by Crippen LogP contribution is 2.21. The van der Waals surface area contributed by atoms with Crippen LogP contribution >= 0.6 is 11.6 Å². The van der Waals surface area contributed by atoms with Crippen molar-refractivity contribution in [3.05, 3.63) is 65.2 Å². The lowest BCUT2D eigenvalue weighted by Crippen LogP contribution is -2.24. The van der Waals surface area contributed by atoms with Gasteiger partial charge in [0, 0.05) is 17.6 Å². The second-order valence-corrected chi connectivity index (χ2v) is 4.77. The first kappa shape index (κ1) is 13.9. The molecular weight excluding hydrogens is 258 g/mol. The highest BCUT2D eigenvalue weighted by Gasteiger charge is 2.07. The lowest BCUT2D eigenvalue weighted by Gasteiger charge is -2.15. The Kier molecular flexibility index (Phi) is 5.25. The summed E-state index contributed by atoms with van der Waals surface area (Å²) in [5.74, 6) is 0.898. The Balaban J connectivity index is 1.76. The van der Waals surface area contributed by atoms with Gasteiger partial charge in [0.15, 0.2) is 0 Å². The van der Waals surface area contributed by atoms with E-state index in [4.69, 9.17) is 16.3 Å². The van der Waals surface area contributed by atoms with Crippen LogP contribution in [0.5, 0.6) is 5.75 Å². The molecule has 19 heavy (non-hydrogen) atoms. The van der Waals surface area contributed by atoms with Crippen molar-refractivity contribution in [2.24, 2.45) is 0 Å². The smallest absolute Gasteiger partial charge is 0.119 e. The minimum Gasteiger partial charge on any atom is -0.492 e. The number of hydrogen-bond donors (Lipinski definition) is 1. The van der Waals surface area contributed by atoms with Crippen LogP contribution in [0.25, 0.3) is 0 Å². The van der Waals surface area contributed by atoms with Crippen molar-refractivity contribution in [2.45, 2.75) is 13.0 Å². The standard InChI is InChI=1S/C16H18ClNO/c1-13(15-9-5-6-10-16(15)17)18-11-12-19-14-7-3-2-4-8-14/h2-10,13,18H,11-12H2,1H3. The molecule has 0 aromatic heterocycles. The molecule has 0 aliphatic rings. The summed E-state index contributed by atoms with van der Waals surface area (Å²) in [5.41, 5.74) is 1.11. The summed E-state index contributed by atoms with van der Waals surface area (Å²) in [6, 6.07) is 17.9. The van der Waals surface area contributed by atoms with E-state index in [0.29, 0.717) is 6.61 Å². The molecular formula is C16H18ClNO. The molecule has 0 aliphatic carbocycles. The van der Waals surface area contributed by atoms with Gasteiger partial charge in [0.2, 0.25) is 0 Å². The van der Waals surface area contributed by atoms with Crippen LogP contribution in [0.2, 0.25) is 5.02 Å². The first-order valence-electron chi connectivity index (χ1n) is 6.43. The van der Waals surface area contributed by atoms with E-state index in [9.17, 15) is 0 Å². The Hall–Kier alpha value is -1.51. The van der Waals surface area contributed by atoms with Crippen LogP contribution in [0.4, 0.5) is 0 Å². The maximum Gasteiger partial charge on any atom is 0.119 e. The molecule has 0 bridgehead atoms. The summed E-state index contributed by atoms with van der Waals surface area (Å²) in [6.45, 7) is 3.52. The lowest BCUT2D eigenvalue weighted by molar-refractivity contribution is 0.307. The summed E-state index contributed by atoms with van der Waals surface area (Å²) in [6.07, 6.45) is 0. The molecule has 0 saturated heterocycles. The van der Waals surface area contributed by atoms with E-state index in [2.05, 4.69) is 12.2 Å². The second kappa shape index (κ2) is 7.17. The van der Waals surface area contributed by atoms with Crippen LogP contribution < -0.4 is 10.1 Å². The minimum atomic E-state index is 0.216. The normalized spacial score (nSPS) is 12.1. The van der Waals surface area contributed by atoms with Crippen LogP contribution in [0.1, 0.15) is 18.5 Å². The van der Waals surface area contributed by atoms with Crippen molar-refractivity contribution in [3.8, 4) is 5.75 Å². The van der Waals surface area contributed by atoms with Crippen molar-refractivity contribution in [1.82, 2.24) is 5.32 Å². The number of ether oxygens (including phenoxy) is 1. The summed E-state index contributed by atoms with van der Waals surface area (Å²) >= 11 is 6.16. The third-order valence-electron chi connectivity index (χ3n) is 2.94. The zero-order chi connectivity index (χ0) is 13.5. The minimum absolute atomic E-state index is 0.216. The molecule has 3 heteroatoms. The zero-order valence-electron chi connectivity index (χ0n) is 11.0. The van der Waals surface area contributed by atoms with Gasteiger partial charge >= 0.3 is 0 Å². The second-order valence-electron chi connectivity index (χ2n) is 4.36. The zero-order valence-corrected chi connectivity index (χ0v) is 11.7. The van der Waals surface area contributed by atoms with Crippen LogP contribution in [-0.2, 0) is 0 Å². The molecule has 0 spiro atoms. The molecule has 0 fully saturated rings. The molecule has 2 aromatic rings.